The monoisotopic (exact) mass is 461 g/mol. The molecule has 1 aromatic heterocycles. The number of methoxy groups -OCH3 is 1. The van der Waals surface area contributed by atoms with Crippen LogP contribution in [0, 0.1) is 0 Å². The quantitative estimate of drug-likeness (QED) is 0.507. The molecule has 4 rings (SSSR count). The maximum Gasteiger partial charge on any atom is 0.416 e. The second-order valence-corrected chi connectivity index (χ2v) is 7.38. The Hall–Kier alpha value is -4.02. The molecule has 1 aliphatic heterocycles. The largest absolute Gasteiger partial charge is 0.493 e. The topological polar surface area (TPSA) is 114 Å². The third kappa shape index (κ3) is 4.47. The Bertz CT molecular complexity index is 1220. The molecule has 2 heterocycles. The Morgan fingerprint density at radius 2 is 2.00 bits per heavy atom. The maximum atomic E-state index is 13.4. The molecule has 0 saturated heterocycles. The summed E-state index contributed by atoms with van der Waals surface area (Å²) in [5, 5.41) is 18.4. The fourth-order valence-corrected chi connectivity index (χ4v) is 3.72. The summed E-state index contributed by atoms with van der Waals surface area (Å²) in [4.78, 5) is 23.1. The van der Waals surface area contributed by atoms with Gasteiger partial charge in [0.2, 0.25) is 5.91 Å². The number of nitrogens with one attached hydrogen (secondary N) is 2. The number of ether oxygens (including phenoxy) is 2. The van der Waals surface area contributed by atoms with E-state index in [1.54, 1.807) is 24.4 Å². The zero-order chi connectivity index (χ0) is 23.8. The van der Waals surface area contributed by atoms with E-state index in [4.69, 9.17) is 14.6 Å². The Kier molecular flexibility index (Phi) is 5.71. The minimum atomic E-state index is -4.75. The van der Waals surface area contributed by atoms with Gasteiger partial charge in [0, 0.05) is 23.5 Å². The Morgan fingerprint density at radius 1 is 1.21 bits per heavy atom. The summed E-state index contributed by atoms with van der Waals surface area (Å²) in [7, 11) is 1.39. The molecular weight excluding hydrogens is 443 g/mol. The lowest BCUT2D eigenvalue weighted by Gasteiger charge is -2.23. The minimum Gasteiger partial charge on any atom is -0.493 e. The van der Waals surface area contributed by atoms with Gasteiger partial charge in [-0.3, -0.25) is 9.89 Å². The molecule has 1 aliphatic rings. The molecule has 0 spiro atoms. The predicted molar refractivity (Wildman–Crippen MR) is 109 cm³/mol. The fraction of sp³-hybridized carbons (Fsp3) is 0.227. The van der Waals surface area contributed by atoms with Gasteiger partial charge in [-0.15, -0.1) is 0 Å². The fourth-order valence-electron chi connectivity index (χ4n) is 3.72. The number of carboxylic acid groups (broad SMARTS) is 1. The Morgan fingerprint density at radius 3 is 2.70 bits per heavy atom. The van der Waals surface area contributed by atoms with Crippen molar-refractivity contribution in [2.24, 2.45) is 0 Å². The highest BCUT2D eigenvalue weighted by molar-refractivity contribution is 5.94. The number of amides is 1. The average Bonchev–Trinajstić information content (AvgIpc) is 3.24. The molecule has 0 saturated carbocycles. The van der Waals surface area contributed by atoms with Gasteiger partial charge < -0.3 is 19.9 Å². The van der Waals surface area contributed by atoms with Gasteiger partial charge in [-0.05, 0) is 29.8 Å². The van der Waals surface area contributed by atoms with Crippen molar-refractivity contribution in [3.8, 4) is 11.5 Å². The third-order valence-corrected chi connectivity index (χ3v) is 5.33. The van der Waals surface area contributed by atoms with Gasteiger partial charge in [-0.1, -0.05) is 12.1 Å². The third-order valence-electron chi connectivity index (χ3n) is 5.33. The van der Waals surface area contributed by atoms with Gasteiger partial charge in [0.25, 0.3) is 0 Å². The lowest BCUT2D eigenvalue weighted by molar-refractivity contribution is -0.138. The summed E-state index contributed by atoms with van der Waals surface area (Å²) >= 11 is 0. The lowest BCUT2D eigenvalue weighted by atomic mass is 9.87. The Balaban J connectivity index is 1.60. The van der Waals surface area contributed by atoms with Crippen molar-refractivity contribution in [1.29, 1.82) is 0 Å². The van der Waals surface area contributed by atoms with E-state index in [0.717, 1.165) is 23.3 Å². The number of carboxylic acids is 1. The summed E-state index contributed by atoms with van der Waals surface area (Å²) in [6.45, 7) is -0.456. The number of alkyl halides is 3. The number of fused-ring (bicyclic) bond motifs is 1. The molecular formula is C22H18F3N3O5. The molecule has 11 heteroatoms. The molecule has 172 valence electrons. The van der Waals surface area contributed by atoms with Gasteiger partial charge in [0.1, 0.15) is 12.4 Å². The van der Waals surface area contributed by atoms with Crippen molar-refractivity contribution in [1.82, 2.24) is 10.2 Å². The Labute approximate surface area is 185 Å². The SMILES string of the molecule is COc1cc(C2CC(=O)Nc3[nH]ncc32)ccc1OCc1ccc(C(=O)O)cc1C(F)(F)F. The van der Waals surface area contributed by atoms with E-state index in [-0.39, 0.29) is 35.3 Å². The van der Waals surface area contributed by atoms with Crippen LogP contribution in [0.5, 0.6) is 11.5 Å². The van der Waals surface area contributed by atoms with E-state index in [9.17, 15) is 22.8 Å². The van der Waals surface area contributed by atoms with Crippen LogP contribution in [0.3, 0.4) is 0 Å². The first-order valence-electron chi connectivity index (χ1n) is 9.74. The summed E-state index contributed by atoms with van der Waals surface area (Å²) in [6, 6.07) is 7.67. The summed E-state index contributed by atoms with van der Waals surface area (Å²) in [6.07, 6.45) is -2.93. The number of anilines is 1. The second kappa shape index (κ2) is 8.49. The van der Waals surface area contributed by atoms with Crippen LogP contribution in [-0.4, -0.2) is 34.3 Å². The molecule has 8 nitrogen and oxygen atoms in total. The number of aromatic carboxylic acids is 1. The number of halogens is 3. The van der Waals surface area contributed by atoms with E-state index in [0.29, 0.717) is 11.9 Å². The molecule has 1 amide bonds. The standard InChI is InChI=1S/C22H18F3N3O5/c1-32-18-7-11(14-8-19(29)27-20-15(14)9-26-28-20)4-5-17(18)33-10-13-3-2-12(21(30)31)6-16(13)22(23,24)25/h2-7,9,14H,8,10H2,1H3,(H,30,31)(H2,26,27,28,29). The van der Waals surface area contributed by atoms with Crippen molar-refractivity contribution in [2.45, 2.75) is 25.1 Å². The van der Waals surface area contributed by atoms with Crippen LogP contribution in [-0.2, 0) is 17.6 Å². The summed E-state index contributed by atoms with van der Waals surface area (Å²) < 4.78 is 51.3. The number of carbonyl (C=O) groups is 2. The molecule has 1 atom stereocenters. The van der Waals surface area contributed by atoms with Crippen LogP contribution < -0.4 is 14.8 Å². The van der Waals surface area contributed by atoms with E-state index >= 15 is 0 Å². The van der Waals surface area contributed by atoms with E-state index < -0.39 is 29.9 Å². The molecule has 0 radical (unpaired) electrons. The smallest absolute Gasteiger partial charge is 0.416 e. The highest BCUT2D eigenvalue weighted by Gasteiger charge is 2.34. The number of hydrogen-bond donors (Lipinski definition) is 3. The van der Waals surface area contributed by atoms with Crippen LogP contribution in [0.25, 0.3) is 0 Å². The molecule has 2 aromatic carbocycles. The number of nitrogens with zero attached hydrogens (tertiary/aromatic N) is 1. The van der Waals surface area contributed by atoms with Crippen LogP contribution in [0.2, 0.25) is 0 Å². The van der Waals surface area contributed by atoms with Gasteiger partial charge in [-0.25, -0.2) is 4.79 Å². The molecule has 0 fully saturated rings. The highest BCUT2D eigenvalue weighted by atomic mass is 19.4. The summed E-state index contributed by atoms with van der Waals surface area (Å²) in [5.41, 5.74) is -0.218. The van der Waals surface area contributed by atoms with Crippen molar-refractivity contribution in [3.63, 3.8) is 0 Å². The highest BCUT2D eigenvalue weighted by Crippen LogP contribution is 2.40. The number of hydrogen-bond acceptors (Lipinski definition) is 5. The summed E-state index contributed by atoms with van der Waals surface area (Å²) in [5.74, 6) is -0.928. The number of benzene rings is 2. The second-order valence-electron chi connectivity index (χ2n) is 7.38. The predicted octanol–water partition coefficient (Wildman–Crippen LogP) is 4.19. The van der Waals surface area contributed by atoms with Gasteiger partial charge in [0.05, 0.1) is 24.4 Å². The number of carbonyl (C=O) groups excluding carboxylic acids is 1. The van der Waals surface area contributed by atoms with Crippen LogP contribution >= 0.6 is 0 Å². The number of aromatic amines is 1. The lowest BCUT2D eigenvalue weighted by Crippen LogP contribution is -2.23. The van der Waals surface area contributed by atoms with Crippen molar-refractivity contribution < 1.29 is 37.3 Å². The average molecular weight is 461 g/mol. The van der Waals surface area contributed by atoms with Crippen LogP contribution in [0.1, 0.15) is 45.0 Å². The number of rotatable bonds is 6. The van der Waals surface area contributed by atoms with Crippen molar-refractivity contribution in [2.75, 3.05) is 12.4 Å². The van der Waals surface area contributed by atoms with E-state index in [1.807, 2.05) is 0 Å². The normalized spacial score (nSPS) is 15.5. The zero-order valence-electron chi connectivity index (χ0n) is 17.2. The number of H-pyrrole nitrogens is 1. The minimum absolute atomic E-state index is 0.180. The van der Waals surface area contributed by atoms with Gasteiger partial charge in [0.15, 0.2) is 11.5 Å². The molecule has 1 unspecified atom stereocenters. The van der Waals surface area contributed by atoms with Crippen molar-refractivity contribution >= 4 is 17.7 Å². The molecule has 3 N–H and O–H groups in total. The van der Waals surface area contributed by atoms with Crippen molar-refractivity contribution in [3.05, 3.63) is 70.4 Å². The molecule has 33 heavy (non-hydrogen) atoms. The van der Waals surface area contributed by atoms with Crippen LogP contribution in [0.15, 0.2) is 42.6 Å². The van der Waals surface area contributed by atoms with Crippen LogP contribution in [0.4, 0.5) is 19.0 Å². The first-order chi connectivity index (χ1) is 15.7. The number of aromatic nitrogens is 2. The van der Waals surface area contributed by atoms with E-state index in [2.05, 4.69) is 15.5 Å². The van der Waals surface area contributed by atoms with Gasteiger partial charge in [-0.2, -0.15) is 18.3 Å². The molecule has 3 aromatic rings. The van der Waals surface area contributed by atoms with Gasteiger partial charge >= 0.3 is 12.1 Å². The first-order valence-corrected chi connectivity index (χ1v) is 9.74. The zero-order valence-corrected chi connectivity index (χ0v) is 17.2. The van der Waals surface area contributed by atoms with E-state index in [1.165, 1.54) is 7.11 Å². The molecule has 0 aliphatic carbocycles. The first kappa shape index (κ1) is 22.2. The molecule has 0 bridgehead atoms. The maximum absolute atomic E-state index is 13.4.